The molecule has 1 aliphatic heterocycles. The summed E-state index contributed by atoms with van der Waals surface area (Å²) in [6, 6.07) is 1.91. The first-order valence-electron chi connectivity index (χ1n) is 8.39. The van der Waals surface area contributed by atoms with E-state index in [1.807, 2.05) is 32.2 Å². The zero-order valence-corrected chi connectivity index (χ0v) is 16.3. The lowest BCUT2D eigenvalue weighted by Gasteiger charge is -2.33. The van der Waals surface area contributed by atoms with Gasteiger partial charge in [-0.1, -0.05) is 0 Å². The molecule has 0 N–H and O–H groups in total. The summed E-state index contributed by atoms with van der Waals surface area (Å²) >= 11 is 1.64. The number of thiol groups is 1. The van der Waals surface area contributed by atoms with Gasteiger partial charge in [0.2, 0.25) is 0 Å². The minimum absolute atomic E-state index is 0.144. The van der Waals surface area contributed by atoms with E-state index >= 15 is 0 Å². The summed E-state index contributed by atoms with van der Waals surface area (Å²) < 4.78 is 27.2. The van der Waals surface area contributed by atoms with E-state index in [1.165, 1.54) is 4.88 Å². The third kappa shape index (κ3) is 6.09. The molecule has 0 atom stereocenters. The zero-order chi connectivity index (χ0) is 17.7. The van der Waals surface area contributed by atoms with E-state index in [0.717, 1.165) is 44.3 Å². The van der Waals surface area contributed by atoms with Crippen molar-refractivity contribution < 1.29 is 17.9 Å². The Bertz CT molecular complexity index is 615. The van der Waals surface area contributed by atoms with E-state index < -0.39 is 16.3 Å². The van der Waals surface area contributed by atoms with Crippen LogP contribution in [0.2, 0.25) is 0 Å². The average Bonchev–Trinajstić information content (AvgIpc) is 2.90. The molecule has 0 spiro atoms. The summed E-state index contributed by atoms with van der Waals surface area (Å²) in [7, 11) is -2.37. The molecule has 1 amide bonds. The molecule has 24 heavy (non-hydrogen) atoms. The maximum Gasteiger partial charge on any atom is 0.410 e. The number of amides is 1. The second-order valence-corrected chi connectivity index (χ2v) is 9.29. The Kier molecular flexibility index (Phi) is 6.69. The second-order valence-electron chi connectivity index (χ2n) is 7.31. The van der Waals surface area contributed by atoms with Crippen molar-refractivity contribution in [3.8, 4) is 0 Å². The number of rotatable bonds is 5. The van der Waals surface area contributed by atoms with Crippen molar-refractivity contribution in [1.29, 1.82) is 0 Å². The van der Waals surface area contributed by atoms with E-state index in [0.29, 0.717) is 5.92 Å². The minimum atomic E-state index is -2.37. The van der Waals surface area contributed by atoms with Crippen molar-refractivity contribution in [1.82, 2.24) is 4.90 Å². The number of likely N-dealkylation sites (tertiary alicyclic amines) is 1. The van der Waals surface area contributed by atoms with Crippen LogP contribution in [-0.4, -0.2) is 38.1 Å². The minimum Gasteiger partial charge on any atom is -0.444 e. The number of hydrogen-bond acceptors (Lipinski definition) is 5. The second kappa shape index (κ2) is 8.34. The first-order valence-corrected chi connectivity index (χ1v) is 10.6. The highest BCUT2D eigenvalue weighted by atomic mass is 32.2. The average molecular weight is 374 g/mol. The number of thiophene rings is 1. The van der Waals surface area contributed by atoms with Gasteiger partial charge in [-0.3, -0.25) is 0 Å². The summed E-state index contributed by atoms with van der Waals surface area (Å²) in [6.45, 7) is 7.12. The molecule has 1 aromatic rings. The molecule has 0 bridgehead atoms. The number of carbonyl (C=O) groups excluding carboxylic acids is 1. The smallest absolute Gasteiger partial charge is 0.410 e. The Morgan fingerprint density at radius 2 is 2.00 bits per heavy atom. The molecule has 1 aromatic heterocycles. The lowest BCUT2D eigenvalue weighted by Crippen LogP contribution is -2.41. The lowest BCUT2D eigenvalue weighted by molar-refractivity contribution is 0.0181. The molecule has 1 saturated heterocycles. The van der Waals surface area contributed by atoms with E-state index in [2.05, 4.69) is 0 Å². The quantitative estimate of drug-likeness (QED) is 0.803. The van der Waals surface area contributed by atoms with Gasteiger partial charge in [-0.05, 0) is 69.4 Å². The van der Waals surface area contributed by atoms with Gasteiger partial charge in [-0.15, -0.1) is 11.3 Å². The Morgan fingerprint density at radius 1 is 1.33 bits per heavy atom. The highest BCUT2D eigenvalue weighted by Crippen LogP contribution is 2.26. The molecule has 0 saturated carbocycles. The van der Waals surface area contributed by atoms with Crippen LogP contribution in [0.3, 0.4) is 0 Å². The highest BCUT2D eigenvalue weighted by molar-refractivity contribution is 7.71. The number of piperidine rings is 1. The highest BCUT2D eigenvalue weighted by Gasteiger charge is 2.26. The maximum absolute atomic E-state index is 12.1. The van der Waals surface area contributed by atoms with Crippen LogP contribution in [0.25, 0.3) is 0 Å². The zero-order valence-electron chi connectivity index (χ0n) is 14.6. The van der Waals surface area contributed by atoms with Crippen LogP contribution in [0.15, 0.2) is 11.4 Å². The fraction of sp³-hybridized carbons (Fsp3) is 0.706. The summed E-state index contributed by atoms with van der Waals surface area (Å²) in [4.78, 5) is 15.0. The number of ether oxygens (including phenoxy) is 1. The standard InChI is InChI=1S/C17H27NO4S2/c1-17(2,3)22-16(19)18-9-6-13(7-10-18)4-5-15-14(8-11-23-15)12-24(20)21/h8,11,13,24H,4-7,9-10,12H2,1-3H3. The summed E-state index contributed by atoms with van der Waals surface area (Å²) in [5.74, 6) is 0.727. The Labute approximate surface area is 150 Å². The van der Waals surface area contributed by atoms with Crippen molar-refractivity contribution in [3.63, 3.8) is 0 Å². The van der Waals surface area contributed by atoms with Gasteiger partial charge in [0, 0.05) is 18.0 Å². The monoisotopic (exact) mass is 373 g/mol. The fourth-order valence-corrected chi connectivity index (χ4v) is 4.54. The van der Waals surface area contributed by atoms with Crippen LogP contribution >= 0.6 is 11.3 Å². The van der Waals surface area contributed by atoms with Crippen molar-refractivity contribution in [2.45, 2.75) is 57.8 Å². The Balaban J connectivity index is 1.77. The van der Waals surface area contributed by atoms with Gasteiger partial charge in [-0.25, -0.2) is 13.2 Å². The summed E-state index contributed by atoms with van der Waals surface area (Å²) in [5.41, 5.74) is 0.494. The van der Waals surface area contributed by atoms with E-state index in [4.69, 9.17) is 4.74 Å². The molecule has 0 aromatic carbocycles. The van der Waals surface area contributed by atoms with E-state index in [1.54, 1.807) is 16.2 Å². The molecular weight excluding hydrogens is 346 g/mol. The molecule has 2 heterocycles. The Hall–Kier alpha value is -1.08. The first-order chi connectivity index (χ1) is 11.2. The molecule has 2 rings (SSSR count). The van der Waals surface area contributed by atoms with Gasteiger partial charge in [0.25, 0.3) is 0 Å². The van der Waals surface area contributed by atoms with Crippen LogP contribution in [0.4, 0.5) is 4.79 Å². The predicted molar refractivity (Wildman–Crippen MR) is 97.2 cm³/mol. The summed E-state index contributed by atoms with van der Waals surface area (Å²) in [5, 5.41) is 1.97. The van der Waals surface area contributed by atoms with Gasteiger partial charge in [0.15, 0.2) is 0 Å². The number of nitrogens with zero attached hydrogens (tertiary/aromatic N) is 1. The molecule has 136 valence electrons. The molecular formula is C17H27NO4S2. The molecule has 0 radical (unpaired) electrons. The fourth-order valence-electron chi connectivity index (χ4n) is 2.93. The normalized spacial score (nSPS) is 16.6. The van der Waals surface area contributed by atoms with Gasteiger partial charge >= 0.3 is 6.09 Å². The van der Waals surface area contributed by atoms with Gasteiger partial charge < -0.3 is 9.64 Å². The summed E-state index contributed by atoms with van der Waals surface area (Å²) in [6.07, 6.45) is 3.71. The molecule has 7 heteroatoms. The Morgan fingerprint density at radius 3 is 2.58 bits per heavy atom. The molecule has 5 nitrogen and oxygen atoms in total. The third-order valence-corrected chi connectivity index (χ3v) is 5.80. The van der Waals surface area contributed by atoms with Gasteiger partial charge in [0.05, 0.1) is 5.75 Å². The molecule has 1 aliphatic rings. The van der Waals surface area contributed by atoms with Crippen LogP contribution in [0, 0.1) is 5.92 Å². The van der Waals surface area contributed by atoms with Gasteiger partial charge in [0.1, 0.15) is 16.3 Å². The topological polar surface area (TPSA) is 63.7 Å². The number of hydrogen-bond donors (Lipinski definition) is 1. The first kappa shape index (κ1) is 19.2. The van der Waals surface area contributed by atoms with E-state index in [9.17, 15) is 13.2 Å². The van der Waals surface area contributed by atoms with Gasteiger partial charge in [-0.2, -0.15) is 0 Å². The van der Waals surface area contributed by atoms with E-state index in [-0.39, 0.29) is 11.8 Å². The van der Waals surface area contributed by atoms with Crippen molar-refractivity contribution in [3.05, 3.63) is 21.9 Å². The van der Waals surface area contributed by atoms with Crippen LogP contribution in [0.1, 0.15) is 50.5 Å². The third-order valence-electron chi connectivity index (χ3n) is 4.18. The SMILES string of the molecule is CC(C)(C)OC(=O)N1CCC(CCc2sccc2C[SH](=O)=O)CC1. The number of carbonyl (C=O) groups is 1. The van der Waals surface area contributed by atoms with Crippen molar-refractivity contribution in [2.75, 3.05) is 13.1 Å². The van der Waals surface area contributed by atoms with Crippen LogP contribution in [-0.2, 0) is 27.6 Å². The molecule has 0 aliphatic carbocycles. The van der Waals surface area contributed by atoms with Crippen LogP contribution < -0.4 is 0 Å². The van der Waals surface area contributed by atoms with Crippen LogP contribution in [0.5, 0.6) is 0 Å². The molecule has 0 unspecified atom stereocenters. The maximum atomic E-state index is 12.1. The lowest BCUT2D eigenvalue weighted by atomic mass is 9.92. The largest absolute Gasteiger partial charge is 0.444 e. The van der Waals surface area contributed by atoms with Crippen molar-refractivity contribution in [2.24, 2.45) is 5.92 Å². The molecule has 1 fully saturated rings. The predicted octanol–water partition coefficient (Wildman–Crippen LogP) is 3.44. The number of aryl methyl sites for hydroxylation is 1. The van der Waals surface area contributed by atoms with Crippen molar-refractivity contribution >= 4 is 28.1 Å².